The van der Waals surface area contributed by atoms with Crippen LogP contribution >= 0.6 is 0 Å². The van der Waals surface area contributed by atoms with Gasteiger partial charge in [-0.2, -0.15) is 5.26 Å². The molecule has 1 aliphatic carbocycles. The molecular formula is C10H17N3. The van der Waals surface area contributed by atoms with Gasteiger partial charge >= 0.3 is 0 Å². The molecule has 1 heterocycles. The Hall–Kier alpha value is -0.590. The van der Waals surface area contributed by atoms with Crippen LogP contribution in [0.3, 0.4) is 0 Å². The van der Waals surface area contributed by atoms with Crippen molar-refractivity contribution in [1.82, 2.24) is 4.90 Å². The highest BCUT2D eigenvalue weighted by Gasteiger charge is 2.49. The van der Waals surface area contributed by atoms with Crippen molar-refractivity contribution in [1.29, 1.82) is 5.26 Å². The maximum Gasteiger partial charge on any atom is 0.109 e. The van der Waals surface area contributed by atoms with Gasteiger partial charge in [-0.3, -0.25) is 4.90 Å². The van der Waals surface area contributed by atoms with E-state index in [0.29, 0.717) is 11.8 Å². The van der Waals surface area contributed by atoms with Gasteiger partial charge in [0, 0.05) is 13.1 Å². The second-order valence-corrected chi connectivity index (χ2v) is 4.54. The van der Waals surface area contributed by atoms with Gasteiger partial charge in [-0.25, -0.2) is 0 Å². The first-order valence-corrected chi connectivity index (χ1v) is 5.07. The van der Waals surface area contributed by atoms with Crippen molar-refractivity contribution in [2.45, 2.75) is 25.3 Å². The van der Waals surface area contributed by atoms with E-state index in [1.165, 1.54) is 12.8 Å². The summed E-state index contributed by atoms with van der Waals surface area (Å²) in [5.74, 6) is 1.25. The van der Waals surface area contributed by atoms with Crippen LogP contribution in [-0.2, 0) is 0 Å². The fourth-order valence-electron chi connectivity index (χ4n) is 2.16. The Morgan fingerprint density at radius 2 is 2.15 bits per heavy atom. The standard InChI is InChI=1S/C10H17N3/c1-10(7-12,9-2-3-9)13-5-8(4-11)6-13/h8-9H,2-6,11H2,1H3/t10-/m0/s1. The minimum atomic E-state index is -0.189. The third-order valence-corrected chi connectivity index (χ3v) is 3.55. The minimum absolute atomic E-state index is 0.189. The van der Waals surface area contributed by atoms with E-state index in [4.69, 9.17) is 11.0 Å². The van der Waals surface area contributed by atoms with E-state index in [-0.39, 0.29) is 5.54 Å². The number of likely N-dealkylation sites (tertiary alicyclic amines) is 1. The second kappa shape index (κ2) is 2.97. The molecule has 2 rings (SSSR count). The topological polar surface area (TPSA) is 53.0 Å². The van der Waals surface area contributed by atoms with Crippen molar-refractivity contribution < 1.29 is 0 Å². The van der Waals surface area contributed by atoms with Crippen LogP contribution < -0.4 is 5.73 Å². The number of nitriles is 1. The van der Waals surface area contributed by atoms with E-state index >= 15 is 0 Å². The van der Waals surface area contributed by atoms with Crippen molar-refractivity contribution in [2.24, 2.45) is 17.6 Å². The Labute approximate surface area is 79.5 Å². The molecule has 0 unspecified atom stereocenters. The van der Waals surface area contributed by atoms with Gasteiger partial charge in [0.25, 0.3) is 0 Å². The molecular weight excluding hydrogens is 162 g/mol. The van der Waals surface area contributed by atoms with Crippen LogP contribution in [0.1, 0.15) is 19.8 Å². The number of rotatable bonds is 3. The molecule has 0 bridgehead atoms. The molecule has 2 aliphatic rings. The lowest BCUT2D eigenvalue weighted by atomic mass is 9.87. The van der Waals surface area contributed by atoms with Crippen molar-refractivity contribution in [3.63, 3.8) is 0 Å². The maximum atomic E-state index is 9.17. The van der Waals surface area contributed by atoms with Gasteiger partial charge in [-0.15, -0.1) is 0 Å². The Balaban J connectivity index is 1.96. The summed E-state index contributed by atoms with van der Waals surface area (Å²) >= 11 is 0. The molecule has 1 saturated heterocycles. The predicted molar refractivity (Wildman–Crippen MR) is 50.9 cm³/mol. The molecule has 1 aliphatic heterocycles. The van der Waals surface area contributed by atoms with Crippen LogP contribution in [0.2, 0.25) is 0 Å². The van der Waals surface area contributed by atoms with Crippen molar-refractivity contribution in [2.75, 3.05) is 19.6 Å². The molecule has 72 valence electrons. The van der Waals surface area contributed by atoms with Crippen molar-refractivity contribution in [3.05, 3.63) is 0 Å². The number of hydrogen-bond donors (Lipinski definition) is 1. The summed E-state index contributed by atoms with van der Waals surface area (Å²) in [5, 5.41) is 9.17. The second-order valence-electron chi connectivity index (χ2n) is 4.54. The Morgan fingerprint density at radius 1 is 1.54 bits per heavy atom. The number of hydrogen-bond acceptors (Lipinski definition) is 3. The molecule has 3 heteroatoms. The number of nitrogens with two attached hydrogens (primary N) is 1. The third kappa shape index (κ3) is 1.34. The van der Waals surface area contributed by atoms with Crippen LogP contribution in [0.25, 0.3) is 0 Å². The lowest BCUT2D eigenvalue weighted by Gasteiger charge is -2.47. The van der Waals surface area contributed by atoms with Crippen LogP contribution in [0.5, 0.6) is 0 Å². The normalized spacial score (nSPS) is 29.0. The summed E-state index contributed by atoms with van der Waals surface area (Å²) in [6.45, 7) is 4.90. The van der Waals surface area contributed by atoms with Gasteiger partial charge in [0.05, 0.1) is 6.07 Å². The van der Waals surface area contributed by atoms with Gasteiger partial charge in [0.2, 0.25) is 0 Å². The molecule has 3 nitrogen and oxygen atoms in total. The molecule has 0 aromatic carbocycles. The zero-order valence-electron chi connectivity index (χ0n) is 8.16. The molecule has 0 amide bonds. The van der Waals surface area contributed by atoms with E-state index in [2.05, 4.69) is 17.9 Å². The summed E-state index contributed by atoms with van der Waals surface area (Å²) in [4.78, 5) is 2.29. The van der Waals surface area contributed by atoms with Gasteiger partial charge in [-0.1, -0.05) is 0 Å². The Kier molecular flexibility index (Phi) is 2.05. The quantitative estimate of drug-likeness (QED) is 0.689. The molecule has 1 atom stereocenters. The molecule has 0 radical (unpaired) electrons. The predicted octanol–water partition coefficient (Wildman–Crippen LogP) is 0.569. The van der Waals surface area contributed by atoms with E-state index in [0.717, 1.165) is 19.6 Å². The smallest absolute Gasteiger partial charge is 0.109 e. The SMILES string of the molecule is C[C@](C#N)(C1CC1)N1CC(CN)C1. The largest absolute Gasteiger partial charge is 0.330 e. The maximum absolute atomic E-state index is 9.17. The molecule has 0 aromatic heterocycles. The first-order chi connectivity index (χ1) is 6.20. The summed E-state index contributed by atoms with van der Waals surface area (Å²) in [5.41, 5.74) is 5.37. The van der Waals surface area contributed by atoms with Gasteiger partial charge in [-0.05, 0) is 38.1 Å². The highest BCUT2D eigenvalue weighted by molar-refractivity contribution is 5.15. The summed E-state index contributed by atoms with van der Waals surface area (Å²) in [7, 11) is 0. The molecule has 2 N–H and O–H groups in total. The minimum Gasteiger partial charge on any atom is -0.330 e. The Morgan fingerprint density at radius 3 is 2.54 bits per heavy atom. The number of nitrogens with zero attached hydrogens (tertiary/aromatic N) is 2. The molecule has 13 heavy (non-hydrogen) atoms. The Bertz CT molecular complexity index is 235. The van der Waals surface area contributed by atoms with Crippen molar-refractivity contribution in [3.8, 4) is 6.07 Å². The lowest BCUT2D eigenvalue weighted by Crippen LogP contribution is -2.60. The first-order valence-electron chi connectivity index (χ1n) is 5.07. The molecule has 2 fully saturated rings. The fraction of sp³-hybridized carbons (Fsp3) is 0.900. The van der Waals surface area contributed by atoms with E-state index < -0.39 is 0 Å². The van der Waals surface area contributed by atoms with E-state index in [1.54, 1.807) is 0 Å². The summed E-state index contributed by atoms with van der Waals surface area (Å²) < 4.78 is 0. The average Bonchev–Trinajstić information content (AvgIpc) is 2.84. The summed E-state index contributed by atoms with van der Waals surface area (Å²) in [6, 6.07) is 2.47. The molecule has 1 saturated carbocycles. The van der Waals surface area contributed by atoms with Gasteiger partial charge in [0.15, 0.2) is 0 Å². The first kappa shape index (κ1) is 8.98. The van der Waals surface area contributed by atoms with Gasteiger partial charge < -0.3 is 5.73 Å². The van der Waals surface area contributed by atoms with Crippen LogP contribution in [0.15, 0.2) is 0 Å². The third-order valence-electron chi connectivity index (χ3n) is 3.55. The monoisotopic (exact) mass is 179 g/mol. The highest BCUT2D eigenvalue weighted by atomic mass is 15.3. The van der Waals surface area contributed by atoms with E-state index in [9.17, 15) is 0 Å². The van der Waals surface area contributed by atoms with Crippen molar-refractivity contribution >= 4 is 0 Å². The average molecular weight is 179 g/mol. The summed E-state index contributed by atoms with van der Waals surface area (Å²) in [6.07, 6.45) is 2.46. The zero-order chi connectivity index (χ0) is 9.47. The van der Waals surface area contributed by atoms with Crippen LogP contribution in [-0.4, -0.2) is 30.1 Å². The van der Waals surface area contributed by atoms with Gasteiger partial charge in [0.1, 0.15) is 5.54 Å². The van der Waals surface area contributed by atoms with E-state index in [1.807, 2.05) is 0 Å². The fourth-order valence-corrected chi connectivity index (χ4v) is 2.16. The lowest BCUT2D eigenvalue weighted by molar-refractivity contribution is 0.0166. The molecule has 0 spiro atoms. The highest BCUT2D eigenvalue weighted by Crippen LogP contribution is 2.44. The van der Waals surface area contributed by atoms with Crippen LogP contribution in [0, 0.1) is 23.2 Å². The van der Waals surface area contributed by atoms with Crippen LogP contribution in [0.4, 0.5) is 0 Å². The zero-order valence-corrected chi connectivity index (χ0v) is 8.16. The molecule has 0 aromatic rings.